The molecule has 4 rings (SSSR count). The van der Waals surface area contributed by atoms with Crippen LogP contribution < -0.4 is 11.3 Å². The maximum Gasteiger partial charge on any atom is 0.340 e. The van der Waals surface area contributed by atoms with Crippen LogP contribution in [0.4, 0.5) is 0 Å². The Kier molecular flexibility index (Phi) is 6.13. The van der Waals surface area contributed by atoms with E-state index in [0.29, 0.717) is 29.5 Å². The van der Waals surface area contributed by atoms with E-state index >= 15 is 0 Å². The molecule has 1 unspecified atom stereocenters. The van der Waals surface area contributed by atoms with E-state index in [0.717, 1.165) is 11.1 Å². The Morgan fingerprint density at radius 1 is 1.15 bits per heavy atom. The first-order chi connectivity index (χ1) is 15.6. The van der Waals surface area contributed by atoms with Gasteiger partial charge in [0.2, 0.25) is 10.0 Å². The molecule has 2 heterocycles. The minimum absolute atomic E-state index is 0.0862. The fraction of sp³-hybridized carbons (Fsp3) is 0.333. The molecule has 9 heteroatoms. The Morgan fingerprint density at radius 3 is 2.58 bits per heavy atom. The first kappa shape index (κ1) is 23.2. The second-order valence-electron chi connectivity index (χ2n) is 8.56. The molecule has 1 aliphatic rings. The van der Waals surface area contributed by atoms with Crippen LogP contribution >= 0.6 is 0 Å². The summed E-state index contributed by atoms with van der Waals surface area (Å²) in [7, 11) is -3.80. The SMILES string of the molecule is Cc1ccc(C(=O)OCn2cc(C)c3c(S(=O)(=O)N4CCC(N)C4)cccc3c2=O)c(C)c1. The summed E-state index contributed by atoms with van der Waals surface area (Å²) in [4.78, 5) is 25.8. The highest BCUT2D eigenvalue weighted by Gasteiger charge is 2.32. The zero-order valence-electron chi connectivity index (χ0n) is 18.9. The standard InChI is InChI=1S/C24H27N3O5S/c1-15-7-8-19(16(2)11-15)24(29)32-14-26-12-17(3)22-20(23(26)28)5-4-6-21(22)33(30,31)27-10-9-18(25)13-27/h4-8,11-12,18H,9-10,13-14,25H2,1-3H3. The lowest BCUT2D eigenvalue weighted by Gasteiger charge is -2.19. The molecule has 0 radical (unpaired) electrons. The molecule has 0 amide bonds. The van der Waals surface area contributed by atoms with Gasteiger partial charge >= 0.3 is 5.97 Å². The summed E-state index contributed by atoms with van der Waals surface area (Å²) >= 11 is 0. The number of ether oxygens (including phenoxy) is 1. The van der Waals surface area contributed by atoms with Gasteiger partial charge in [-0.05, 0) is 56.5 Å². The van der Waals surface area contributed by atoms with Crippen molar-refractivity contribution in [2.75, 3.05) is 13.1 Å². The molecule has 1 saturated heterocycles. The van der Waals surface area contributed by atoms with Gasteiger partial charge in [-0.1, -0.05) is 23.8 Å². The maximum atomic E-state index is 13.3. The highest BCUT2D eigenvalue weighted by atomic mass is 32.2. The van der Waals surface area contributed by atoms with E-state index < -0.39 is 21.6 Å². The van der Waals surface area contributed by atoms with E-state index in [1.54, 1.807) is 25.1 Å². The van der Waals surface area contributed by atoms with Crippen LogP contribution in [0.2, 0.25) is 0 Å². The Balaban J connectivity index is 1.68. The summed E-state index contributed by atoms with van der Waals surface area (Å²) in [6, 6.07) is 9.87. The molecule has 1 fully saturated rings. The van der Waals surface area contributed by atoms with Crippen molar-refractivity contribution in [1.82, 2.24) is 8.87 Å². The first-order valence-electron chi connectivity index (χ1n) is 10.7. The van der Waals surface area contributed by atoms with Gasteiger partial charge in [-0.15, -0.1) is 0 Å². The van der Waals surface area contributed by atoms with Crippen LogP contribution in [-0.4, -0.2) is 42.4 Å². The summed E-state index contributed by atoms with van der Waals surface area (Å²) in [5.41, 5.74) is 8.32. The van der Waals surface area contributed by atoms with Crippen molar-refractivity contribution in [3.63, 3.8) is 0 Å². The fourth-order valence-electron chi connectivity index (χ4n) is 4.30. The van der Waals surface area contributed by atoms with Gasteiger partial charge in [0.05, 0.1) is 10.5 Å². The molecular formula is C24H27N3O5S. The van der Waals surface area contributed by atoms with Crippen LogP contribution in [0.1, 0.15) is 33.5 Å². The zero-order chi connectivity index (χ0) is 23.9. The molecule has 1 atom stereocenters. The van der Waals surface area contributed by atoms with Crippen molar-refractivity contribution in [2.24, 2.45) is 5.73 Å². The number of carbonyl (C=O) groups is 1. The van der Waals surface area contributed by atoms with Crippen LogP contribution in [0.3, 0.4) is 0 Å². The van der Waals surface area contributed by atoms with Gasteiger partial charge in [-0.3, -0.25) is 9.36 Å². The van der Waals surface area contributed by atoms with Crippen molar-refractivity contribution >= 4 is 26.8 Å². The van der Waals surface area contributed by atoms with Gasteiger partial charge in [0, 0.05) is 36.1 Å². The normalized spacial score (nSPS) is 16.9. The number of nitrogens with two attached hydrogens (primary N) is 1. The van der Waals surface area contributed by atoms with Crippen LogP contribution in [0.25, 0.3) is 10.8 Å². The average Bonchev–Trinajstić information content (AvgIpc) is 3.21. The van der Waals surface area contributed by atoms with Gasteiger partial charge < -0.3 is 10.5 Å². The molecule has 0 saturated carbocycles. The maximum absolute atomic E-state index is 13.3. The Morgan fingerprint density at radius 2 is 1.91 bits per heavy atom. The topological polar surface area (TPSA) is 112 Å². The molecule has 0 aliphatic carbocycles. The van der Waals surface area contributed by atoms with E-state index in [4.69, 9.17) is 10.5 Å². The van der Waals surface area contributed by atoms with Gasteiger partial charge in [0.15, 0.2) is 6.73 Å². The molecule has 0 spiro atoms. The quantitative estimate of drug-likeness (QED) is 0.575. The molecule has 33 heavy (non-hydrogen) atoms. The molecular weight excluding hydrogens is 442 g/mol. The number of esters is 1. The van der Waals surface area contributed by atoms with Gasteiger partial charge in [-0.25, -0.2) is 13.2 Å². The summed E-state index contributed by atoms with van der Waals surface area (Å²) < 4.78 is 34.6. The number of hydrogen-bond donors (Lipinski definition) is 1. The number of nitrogens with zero attached hydrogens (tertiary/aromatic N) is 2. The minimum atomic E-state index is -3.80. The van der Waals surface area contributed by atoms with Crippen LogP contribution in [0.15, 0.2) is 52.3 Å². The lowest BCUT2D eigenvalue weighted by molar-refractivity contribution is 0.0365. The van der Waals surface area contributed by atoms with Crippen molar-refractivity contribution in [3.8, 4) is 0 Å². The molecule has 0 bridgehead atoms. The predicted octanol–water partition coefficient (Wildman–Crippen LogP) is 2.46. The number of aromatic nitrogens is 1. The summed E-state index contributed by atoms with van der Waals surface area (Å²) in [5.74, 6) is -0.529. The fourth-order valence-corrected chi connectivity index (χ4v) is 6.09. The van der Waals surface area contributed by atoms with Gasteiger partial charge in [0.1, 0.15) is 0 Å². The van der Waals surface area contributed by atoms with E-state index in [9.17, 15) is 18.0 Å². The lowest BCUT2D eigenvalue weighted by atomic mass is 10.1. The molecule has 8 nitrogen and oxygen atoms in total. The third kappa shape index (κ3) is 4.31. The van der Waals surface area contributed by atoms with Crippen molar-refractivity contribution < 1.29 is 17.9 Å². The smallest absolute Gasteiger partial charge is 0.340 e. The van der Waals surface area contributed by atoms with E-state index in [1.165, 1.54) is 21.1 Å². The number of rotatable bonds is 5. The average molecular weight is 470 g/mol. The van der Waals surface area contributed by atoms with Crippen LogP contribution in [0.5, 0.6) is 0 Å². The number of sulfonamides is 1. The van der Waals surface area contributed by atoms with E-state index in [-0.39, 0.29) is 29.6 Å². The summed E-state index contributed by atoms with van der Waals surface area (Å²) in [5, 5.41) is 0.627. The number of benzene rings is 2. The molecule has 3 aromatic rings. The number of carbonyl (C=O) groups excluding carboxylic acids is 1. The van der Waals surface area contributed by atoms with E-state index in [1.807, 2.05) is 26.0 Å². The summed E-state index contributed by atoms with van der Waals surface area (Å²) in [6.45, 7) is 5.82. The molecule has 1 aromatic heterocycles. The highest BCUT2D eigenvalue weighted by Crippen LogP contribution is 2.28. The molecule has 2 N–H and O–H groups in total. The molecule has 2 aromatic carbocycles. The Labute approximate surface area is 192 Å². The predicted molar refractivity (Wildman–Crippen MR) is 126 cm³/mol. The molecule has 174 valence electrons. The first-order valence-corrected chi connectivity index (χ1v) is 12.2. The van der Waals surface area contributed by atoms with Crippen LogP contribution in [-0.2, 0) is 21.5 Å². The highest BCUT2D eigenvalue weighted by molar-refractivity contribution is 7.89. The van der Waals surface area contributed by atoms with E-state index in [2.05, 4.69) is 0 Å². The van der Waals surface area contributed by atoms with Crippen molar-refractivity contribution in [2.45, 2.75) is 44.9 Å². The minimum Gasteiger partial charge on any atom is -0.440 e. The molecule has 1 aliphatic heterocycles. The second-order valence-corrected chi connectivity index (χ2v) is 10.5. The number of hydrogen-bond acceptors (Lipinski definition) is 6. The van der Waals surface area contributed by atoms with Gasteiger partial charge in [-0.2, -0.15) is 4.31 Å². The third-order valence-electron chi connectivity index (χ3n) is 6.00. The Hall–Kier alpha value is -3.01. The second kappa shape index (κ2) is 8.74. The van der Waals surface area contributed by atoms with Crippen molar-refractivity contribution in [1.29, 1.82) is 0 Å². The number of fused-ring (bicyclic) bond motifs is 1. The summed E-state index contributed by atoms with van der Waals surface area (Å²) in [6.07, 6.45) is 2.12. The zero-order valence-corrected chi connectivity index (χ0v) is 19.7. The number of aryl methyl sites for hydroxylation is 3. The third-order valence-corrected chi connectivity index (χ3v) is 7.91. The Bertz CT molecular complexity index is 1410. The van der Waals surface area contributed by atoms with Crippen molar-refractivity contribution in [3.05, 3.63) is 75.2 Å². The largest absolute Gasteiger partial charge is 0.440 e. The van der Waals surface area contributed by atoms with Crippen LogP contribution in [0, 0.1) is 20.8 Å². The lowest BCUT2D eigenvalue weighted by Crippen LogP contribution is -2.32. The monoisotopic (exact) mass is 469 g/mol. The van der Waals surface area contributed by atoms with Gasteiger partial charge in [0.25, 0.3) is 5.56 Å². The number of pyridine rings is 1.